The third-order valence-electron chi connectivity index (χ3n) is 5.50. The number of hydrogen-bond acceptors (Lipinski definition) is 4. The Morgan fingerprint density at radius 2 is 1.96 bits per heavy atom. The fourth-order valence-electron chi connectivity index (χ4n) is 3.73. The average Bonchev–Trinajstić information content (AvgIpc) is 3.36. The molecule has 1 saturated heterocycles. The van der Waals surface area contributed by atoms with E-state index in [-0.39, 0.29) is 36.0 Å². The van der Waals surface area contributed by atoms with Gasteiger partial charge in [0.1, 0.15) is 5.75 Å². The molecule has 132 valence electrons. The lowest BCUT2D eigenvalue weighted by molar-refractivity contribution is -0.134. The van der Waals surface area contributed by atoms with E-state index in [4.69, 9.17) is 4.74 Å². The maximum Gasteiger partial charge on any atom is 0.262 e. The van der Waals surface area contributed by atoms with E-state index >= 15 is 0 Å². The van der Waals surface area contributed by atoms with Crippen LogP contribution in [0.25, 0.3) is 0 Å². The highest BCUT2D eigenvalue weighted by Crippen LogP contribution is 2.40. The Balaban J connectivity index is 1.40. The smallest absolute Gasteiger partial charge is 0.262 e. The van der Waals surface area contributed by atoms with E-state index in [9.17, 15) is 14.4 Å². The first-order valence-corrected chi connectivity index (χ1v) is 8.92. The summed E-state index contributed by atoms with van der Waals surface area (Å²) in [5.41, 5.74) is 1.14. The summed E-state index contributed by atoms with van der Waals surface area (Å²) in [6.45, 7) is 3.43. The molecule has 25 heavy (non-hydrogen) atoms. The van der Waals surface area contributed by atoms with Gasteiger partial charge in [0, 0.05) is 30.5 Å². The summed E-state index contributed by atoms with van der Waals surface area (Å²) in [5.74, 6) is 1.37. The summed E-state index contributed by atoms with van der Waals surface area (Å²) >= 11 is 0. The largest absolute Gasteiger partial charge is 0.482 e. The van der Waals surface area contributed by atoms with Crippen LogP contribution in [0.2, 0.25) is 0 Å². The van der Waals surface area contributed by atoms with Crippen LogP contribution in [0.5, 0.6) is 5.75 Å². The van der Waals surface area contributed by atoms with Crippen molar-refractivity contribution < 1.29 is 19.1 Å². The second-order valence-electron chi connectivity index (χ2n) is 7.33. The SMILES string of the molecule is C[C@H]1C[C@@H]1C(=O)N1CCC(C(=O)c2ccc3c(c2)NC(=O)CO3)CC1. The molecule has 1 aromatic rings. The van der Waals surface area contributed by atoms with E-state index in [1.54, 1.807) is 18.2 Å². The van der Waals surface area contributed by atoms with Gasteiger partial charge in [-0.25, -0.2) is 0 Å². The van der Waals surface area contributed by atoms with Gasteiger partial charge in [0.2, 0.25) is 5.91 Å². The maximum absolute atomic E-state index is 12.8. The van der Waals surface area contributed by atoms with Gasteiger partial charge in [0.05, 0.1) is 5.69 Å². The zero-order valence-corrected chi connectivity index (χ0v) is 14.3. The Kier molecular flexibility index (Phi) is 3.98. The highest BCUT2D eigenvalue weighted by molar-refractivity contribution is 6.01. The quantitative estimate of drug-likeness (QED) is 0.854. The molecule has 2 heterocycles. The van der Waals surface area contributed by atoms with Crippen molar-refractivity contribution >= 4 is 23.3 Å². The minimum absolute atomic E-state index is 0.00634. The summed E-state index contributed by atoms with van der Waals surface area (Å²) in [6, 6.07) is 5.18. The molecule has 0 aromatic heterocycles. The Morgan fingerprint density at radius 1 is 1.24 bits per heavy atom. The molecule has 1 saturated carbocycles. The zero-order chi connectivity index (χ0) is 17.6. The van der Waals surface area contributed by atoms with Crippen molar-refractivity contribution in [2.75, 3.05) is 25.0 Å². The van der Waals surface area contributed by atoms with Crippen LogP contribution in [-0.2, 0) is 9.59 Å². The number of Topliss-reactive ketones (excluding diaryl/α,β-unsaturated/α-hetero) is 1. The standard InChI is InChI=1S/C19H22N2O4/c1-11-8-14(11)19(24)21-6-4-12(5-7-21)18(23)13-2-3-16-15(9-13)20-17(22)10-25-16/h2-3,9,11-12,14H,4-8,10H2,1H3,(H,20,22)/t11-,14-/m0/s1. The molecule has 2 aliphatic heterocycles. The van der Waals surface area contributed by atoms with Gasteiger partial charge in [-0.1, -0.05) is 6.92 Å². The van der Waals surface area contributed by atoms with E-state index in [1.165, 1.54) is 0 Å². The summed E-state index contributed by atoms with van der Waals surface area (Å²) in [4.78, 5) is 38.4. The Hall–Kier alpha value is -2.37. The first kappa shape index (κ1) is 16.1. The van der Waals surface area contributed by atoms with E-state index in [0.29, 0.717) is 48.8 Å². The summed E-state index contributed by atoms with van der Waals surface area (Å²) in [6.07, 6.45) is 2.40. The second kappa shape index (κ2) is 6.17. The predicted octanol–water partition coefficient (Wildman–Crippen LogP) is 2.09. The van der Waals surface area contributed by atoms with Crippen molar-refractivity contribution in [1.82, 2.24) is 4.90 Å². The monoisotopic (exact) mass is 342 g/mol. The number of anilines is 1. The lowest BCUT2D eigenvalue weighted by atomic mass is 9.88. The molecule has 1 aromatic carbocycles. The van der Waals surface area contributed by atoms with Crippen molar-refractivity contribution in [2.45, 2.75) is 26.2 Å². The lowest BCUT2D eigenvalue weighted by Gasteiger charge is -2.31. The summed E-state index contributed by atoms with van der Waals surface area (Å²) in [5, 5.41) is 2.73. The zero-order valence-electron chi connectivity index (χ0n) is 14.3. The predicted molar refractivity (Wildman–Crippen MR) is 91.5 cm³/mol. The number of nitrogens with zero attached hydrogens (tertiary/aromatic N) is 1. The average molecular weight is 342 g/mol. The topological polar surface area (TPSA) is 75.7 Å². The minimum atomic E-state index is -0.210. The van der Waals surface area contributed by atoms with Crippen LogP contribution < -0.4 is 10.1 Å². The van der Waals surface area contributed by atoms with Crippen LogP contribution in [-0.4, -0.2) is 42.2 Å². The molecule has 4 rings (SSSR count). The highest BCUT2D eigenvalue weighted by atomic mass is 16.5. The van der Waals surface area contributed by atoms with Gasteiger partial charge >= 0.3 is 0 Å². The number of amides is 2. The van der Waals surface area contributed by atoms with Crippen molar-refractivity contribution in [3.8, 4) is 5.75 Å². The number of carbonyl (C=O) groups excluding carboxylic acids is 3. The Morgan fingerprint density at radius 3 is 2.64 bits per heavy atom. The normalized spacial score (nSPS) is 25.6. The van der Waals surface area contributed by atoms with Gasteiger partial charge in [-0.2, -0.15) is 0 Å². The maximum atomic E-state index is 12.8. The Bertz CT molecular complexity index is 737. The minimum Gasteiger partial charge on any atom is -0.482 e. The van der Waals surface area contributed by atoms with Crippen LogP contribution in [0.3, 0.4) is 0 Å². The molecule has 0 unspecified atom stereocenters. The fraction of sp³-hybridized carbons (Fsp3) is 0.526. The number of piperidine rings is 1. The molecule has 6 heteroatoms. The number of benzene rings is 1. The molecule has 3 aliphatic rings. The molecule has 1 aliphatic carbocycles. The van der Waals surface area contributed by atoms with Crippen LogP contribution in [0.1, 0.15) is 36.5 Å². The molecule has 0 bridgehead atoms. The Labute approximate surface area is 146 Å². The number of likely N-dealkylation sites (tertiary alicyclic amines) is 1. The number of nitrogens with one attached hydrogen (secondary N) is 1. The molecule has 6 nitrogen and oxygen atoms in total. The lowest BCUT2D eigenvalue weighted by Crippen LogP contribution is -2.41. The number of rotatable bonds is 3. The second-order valence-corrected chi connectivity index (χ2v) is 7.33. The number of ketones is 1. The number of hydrogen-bond donors (Lipinski definition) is 1. The van der Waals surface area contributed by atoms with Crippen LogP contribution in [0, 0.1) is 17.8 Å². The van der Waals surface area contributed by atoms with Gasteiger partial charge in [-0.3, -0.25) is 14.4 Å². The van der Waals surface area contributed by atoms with Crippen molar-refractivity contribution in [3.63, 3.8) is 0 Å². The first-order valence-electron chi connectivity index (χ1n) is 8.92. The molecule has 0 spiro atoms. The third-order valence-corrected chi connectivity index (χ3v) is 5.50. The third kappa shape index (κ3) is 3.13. The molecule has 2 atom stereocenters. The van der Waals surface area contributed by atoms with E-state index in [2.05, 4.69) is 12.2 Å². The van der Waals surface area contributed by atoms with Crippen molar-refractivity contribution in [1.29, 1.82) is 0 Å². The molecule has 2 amide bonds. The van der Waals surface area contributed by atoms with Gasteiger partial charge in [0.15, 0.2) is 12.4 Å². The van der Waals surface area contributed by atoms with Crippen LogP contribution in [0.4, 0.5) is 5.69 Å². The van der Waals surface area contributed by atoms with E-state index in [0.717, 1.165) is 6.42 Å². The number of ether oxygens (including phenoxy) is 1. The number of fused-ring (bicyclic) bond motifs is 1. The molecule has 0 radical (unpaired) electrons. The number of carbonyl (C=O) groups is 3. The molecule has 1 N–H and O–H groups in total. The van der Waals surface area contributed by atoms with Crippen LogP contribution >= 0.6 is 0 Å². The van der Waals surface area contributed by atoms with Gasteiger partial charge in [0.25, 0.3) is 5.91 Å². The molecular formula is C19H22N2O4. The van der Waals surface area contributed by atoms with Gasteiger partial charge in [-0.05, 0) is 43.4 Å². The molecule has 2 fully saturated rings. The van der Waals surface area contributed by atoms with E-state index < -0.39 is 0 Å². The van der Waals surface area contributed by atoms with E-state index in [1.807, 2.05) is 4.90 Å². The summed E-state index contributed by atoms with van der Waals surface area (Å²) in [7, 11) is 0. The fourth-order valence-corrected chi connectivity index (χ4v) is 3.73. The highest BCUT2D eigenvalue weighted by Gasteiger charge is 2.42. The van der Waals surface area contributed by atoms with Crippen molar-refractivity contribution in [3.05, 3.63) is 23.8 Å². The van der Waals surface area contributed by atoms with Crippen LogP contribution in [0.15, 0.2) is 18.2 Å². The molecular weight excluding hydrogens is 320 g/mol. The van der Waals surface area contributed by atoms with Gasteiger partial charge < -0.3 is 15.0 Å². The summed E-state index contributed by atoms with van der Waals surface area (Å²) < 4.78 is 5.33. The van der Waals surface area contributed by atoms with Gasteiger partial charge in [-0.15, -0.1) is 0 Å². The first-order chi connectivity index (χ1) is 12.0. The van der Waals surface area contributed by atoms with Crippen molar-refractivity contribution in [2.24, 2.45) is 17.8 Å².